The molecule has 0 radical (unpaired) electrons. The Kier molecular flexibility index (Phi) is 7.90. The van der Waals surface area contributed by atoms with Crippen molar-refractivity contribution in [3.63, 3.8) is 0 Å². The fourth-order valence-corrected chi connectivity index (χ4v) is 2.35. The smallest absolute Gasteiger partial charge is 0.324 e. The number of nitrogens with zero attached hydrogens (tertiary/aromatic N) is 1. The Bertz CT molecular complexity index is 819. The van der Waals surface area contributed by atoms with Gasteiger partial charge >= 0.3 is 5.69 Å². The lowest BCUT2D eigenvalue weighted by Crippen LogP contribution is -2.33. The van der Waals surface area contributed by atoms with Crippen LogP contribution in [0, 0.1) is 0 Å². The number of anilines is 1. The number of halogens is 2. The van der Waals surface area contributed by atoms with Crippen LogP contribution in [-0.4, -0.2) is 22.0 Å². The number of benzene rings is 1. The fraction of sp³-hybridized carbons (Fsp3) is 0.267. The summed E-state index contributed by atoms with van der Waals surface area (Å²) >= 11 is 3.03. The van der Waals surface area contributed by atoms with Crippen LogP contribution in [-0.2, 0) is 17.9 Å². The summed E-state index contributed by atoms with van der Waals surface area (Å²) in [6.07, 6.45) is 1.30. The molecule has 1 heterocycles. The Hall–Kier alpha value is -1.90. The van der Waals surface area contributed by atoms with Gasteiger partial charge in [-0.05, 0) is 34.1 Å². The van der Waals surface area contributed by atoms with Crippen molar-refractivity contribution in [2.24, 2.45) is 0 Å². The lowest BCUT2D eigenvalue weighted by atomic mass is 10.1. The second-order valence-corrected chi connectivity index (χ2v) is 5.70. The zero-order valence-electron chi connectivity index (χ0n) is 13.0. The standard InChI is InChI=1S/C15H17BrN4O3.ClH/c1-2-17-7-10-5-3-4-6-12(10)18-13(21)9-20-8-11(16)14(22)19-15(20)23;/h3-6,8,17H,2,7,9H2,1H3,(H,18,21)(H,19,22,23);1H. The number of carbonyl (C=O) groups is 1. The maximum atomic E-state index is 12.2. The Morgan fingerprint density at radius 3 is 2.71 bits per heavy atom. The van der Waals surface area contributed by atoms with E-state index in [-0.39, 0.29) is 29.3 Å². The SMILES string of the molecule is CCNCc1ccccc1NC(=O)Cn1cc(Br)c(=O)[nH]c1=O.Cl. The fourth-order valence-electron chi connectivity index (χ4n) is 2.00. The molecule has 0 aliphatic rings. The van der Waals surface area contributed by atoms with Crippen molar-refractivity contribution < 1.29 is 4.79 Å². The average Bonchev–Trinajstić information content (AvgIpc) is 2.51. The molecular weight excluding hydrogens is 400 g/mol. The molecule has 0 aliphatic carbocycles. The first-order chi connectivity index (χ1) is 11.0. The molecule has 0 fully saturated rings. The van der Waals surface area contributed by atoms with Crippen molar-refractivity contribution >= 4 is 39.9 Å². The molecule has 9 heteroatoms. The van der Waals surface area contributed by atoms with E-state index in [2.05, 4.69) is 31.5 Å². The van der Waals surface area contributed by atoms with Crippen LogP contribution in [0.25, 0.3) is 0 Å². The molecular formula is C15H18BrClN4O3. The maximum absolute atomic E-state index is 12.2. The van der Waals surface area contributed by atoms with Gasteiger partial charge in [0.2, 0.25) is 5.91 Å². The molecule has 0 spiro atoms. The number of hydrogen-bond donors (Lipinski definition) is 3. The summed E-state index contributed by atoms with van der Waals surface area (Å²) in [5, 5.41) is 5.98. The van der Waals surface area contributed by atoms with Crippen LogP contribution in [0.2, 0.25) is 0 Å². The highest BCUT2D eigenvalue weighted by atomic mass is 79.9. The first kappa shape index (κ1) is 20.1. The van der Waals surface area contributed by atoms with Gasteiger partial charge in [-0.25, -0.2) is 4.79 Å². The largest absolute Gasteiger partial charge is 0.328 e. The first-order valence-corrected chi connectivity index (χ1v) is 7.88. The number of hydrogen-bond acceptors (Lipinski definition) is 4. The molecule has 0 saturated carbocycles. The topological polar surface area (TPSA) is 96.0 Å². The van der Waals surface area contributed by atoms with E-state index in [9.17, 15) is 14.4 Å². The minimum absolute atomic E-state index is 0. The van der Waals surface area contributed by atoms with Crippen LogP contribution in [0.15, 0.2) is 44.5 Å². The van der Waals surface area contributed by atoms with Crippen molar-refractivity contribution in [3.8, 4) is 0 Å². The van der Waals surface area contributed by atoms with Crippen molar-refractivity contribution in [3.05, 3.63) is 61.3 Å². The van der Waals surface area contributed by atoms with Crippen LogP contribution in [0.4, 0.5) is 5.69 Å². The van der Waals surface area contributed by atoms with Crippen LogP contribution < -0.4 is 21.9 Å². The van der Waals surface area contributed by atoms with Crippen LogP contribution in [0.3, 0.4) is 0 Å². The van der Waals surface area contributed by atoms with Crippen LogP contribution >= 0.6 is 28.3 Å². The molecule has 0 saturated heterocycles. The summed E-state index contributed by atoms with van der Waals surface area (Å²) in [7, 11) is 0. The molecule has 0 unspecified atom stereocenters. The van der Waals surface area contributed by atoms with Crippen molar-refractivity contribution in [1.82, 2.24) is 14.9 Å². The molecule has 0 atom stereocenters. The van der Waals surface area contributed by atoms with E-state index in [1.165, 1.54) is 6.20 Å². The zero-order valence-corrected chi connectivity index (χ0v) is 15.4. The summed E-state index contributed by atoms with van der Waals surface area (Å²) in [6.45, 7) is 3.27. The van der Waals surface area contributed by atoms with Crippen LogP contribution in [0.1, 0.15) is 12.5 Å². The number of amides is 1. The molecule has 1 aromatic heterocycles. The van der Waals surface area contributed by atoms with Gasteiger partial charge in [-0.2, -0.15) is 0 Å². The molecule has 24 heavy (non-hydrogen) atoms. The van der Waals surface area contributed by atoms with E-state index in [1.807, 2.05) is 25.1 Å². The highest BCUT2D eigenvalue weighted by Gasteiger charge is 2.09. The van der Waals surface area contributed by atoms with Crippen molar-refractivity contribution in [2.45, 2.75) is 20.0 Å². The zero-order chi connectivity index (χ0) is 16.8. The second-order valence-electron chi connectivity index (χ2n) is 4.85. The van der Waals surface area contributed by atoms with E-state index >= 15 is 0 Å². The normalized spacial score (nSPS) is 10.1. The molecule has 130 valence electrons. The number of aromatic nitrogens is 2. The molecule has 0 aliphatic heterocycles. The third kappa shape index (κ3) is 5.33. The monoisotopic (exact) mass is 416 g/mol. The van der Waals surface area contributed by atoms with Gasteiger partial charge in [-0.3, -0.25) is 19.1 Å². The quantitative estimate of drug-likeness (QED) is 0.663. The van der Waals surface area contributed by atoms with E-state index in [4.69, 9.17) is 0 Å². The van der Waals surface area contributed by atoms with Crippen molar-refractivity contribution in [2.75, 3.05) is 11.9 Å². The number of aromatic amines is 1. The van der Waals surface area contributed by atoms with Gasteiger partial charge in [-0.15, -0.1) is 12.4 Å². The lowest BCUT2D eigenvalue weighted by Gasteiger charge is -2.12. The second kappa shape index (κ2) is 9.41. The summed E-state index contributed by atoms with van der Waals surface area (Å²) in [4.78, 5) is 37.3. The van der Waals surface area contributed by atoms with Gasteiger partial charge in [0, 0.05) is 18.4 Å². The van der Waals surface area contributed by atoms with Gasteiger partial charge in [0.15, 0.2) is 0 Å². The first-order valence-electron chi connectivity index (χ1n) is 7.09. The molecule has 3 N–H and O–H groups in total. The van der Waals surface area contributed by atoms with E-state index in [1.54, 1.807) is 6.07 Å². The predicted octanol–water partition coefficient (Wildman–Crippen LogP) is 1.47. The van der Waals surface area contributed by atoms with E-state index in [0.717, 1.165) is 16.7 Å². The summed E-state index contributed by atoms with van der Waals surface area (Å²) in [5.74, 6) is -0.352. The van der Waals surface area contributed by atoms with Gasteiger partial charge < -0.3 is 10.6 Å². The summed E-state index contributed by atoms with van der Waals surface area (Å²) in [6, 6.07) is 7.44. The molecule has 1 amide bonds. The Morgan fingerprint density at radius 2 is 2.00 bits per heavy atom. The van der Waals surface area contributed by atoms with Crippen molar-refractivity contribution in [1.29, 1.82) is 0 Å². The summed E-state index contributed by atoms with van der Waals surface area (Å²) in [5.41, 5.74) is 0.490. The van der Waals surface area contributed by atoms with Gasteiger partial charge in [0.05, 0.1) is 4.47 Å². The average molecular weight is 418 g/mol. The number of rotatable bonds is 6. The lowest BCUT2D eigenvalue weighted by molar-refractivity contribution is -0.116. The minimum Gasteiger partial charge on any atom is -0.324 e. The third-order valence-corrected chi connectivity index (χ3v) is 3.70. The Balaban J connectivity index is 0.00000288. The Labute approximate surface area is 153 Å². The number of H-pyrrole nitrogens is 1. The summed E-state index contributed by atoms with van der Waals surface area (Å²) < 4.78 is 1.32. The molecule has 1 aromatic carbocycles. The third-order valence-electron chi connectivity index (χ3n) is 3.14. The molecule has 2 rings (SSSR count). The molecule has 0 bridgehead atoms. The van der Waals surface area contributed by atoms with Gasteiger partial charge in [-0.1, -0.05) is 25.1 Å². The van der Waals surface area contributed by atoms with E-state index in [0.29, 0.717) is 12.2 Å². The highest BCUT2D eigenvalue weighted by molar-refractivity contribution is 9.10. The highest BCUT2D eigenvalue weighted by Crippen LogP contribution is 2.14. The number of carbonyl (C=O) groups excluding carboxylic acids is 1. The van der Waals surface area contributed by atoms with Gasteiger partial charge in [0.25, 0.3) is 5.56 Å². The predicted molar refractivity (Wildman–Crippen MR) is 98.7 cm³/mol. The minimum atomic E-state index is -0.630. The van der Waals surface area contributed by atoms with Gasteiger partial charge in [0.1, 0.15) is 6.54 Å². The molecule has 7 nitrogen and oxygen atoms in total. The number of nitrogens with one attached hydrogen (secondary N) is 3. The molecule has 2 aromatic rings. The Morgan fingerprint density at radius 1 is 1.29 bits per heavy atom. The van der Waals surface area contributed by atoms with E-state index < -0.39 is 11.2 Å². The van der Waals surface area contributed by atoms with Crippen LogP contribution in [0.5, 0.6) is 0 Å². The maximum Gasteiger partial charge on any atom is 0.328 e. The number of para-hydroxylation sites is 1.